The van der Waals surface area contributed by atoms with Gasteiger partial charge in [0, 0.05) is 93.9 Å². The Morgan fingerprint density at radius 2 is 1.02 bits per heavy atom. The molecule has 2 nitrogen and oxygen atoms in total. The highest BCUT2D eigenvalue weighted by Crippen LogP contribution is 2.50. The summed E-state index contributed by atoms with van der Waals surface area (Å²) in [4.78, 5) is 2.71. The first-order valence-corrected chi connectivity index (χ1v) is 24.2. The van der Waals surface area contributed by atoms with Crippen molar-refractivity contribution in [2.75, 3.05) is 4.81 Å². The number of hydrogen-bond donors (Lipinski definition) is 0. The van der Waals surface area contributed by atoms with Gasteiger partial charge in [0.1, 0.15) is 0 Å². The van der Waals surface area contributed by atoms with E-state index in [1.807, 2.05) is 34.0 Å². The Balaban J connectivity index is 1.15. The fourth-order valence-electron chi connectivity index (χ4n) is 11.0. The molecule has 296 valence electrons. The molecule has 14 rings (SSSR count). The lowest BCUT2D eigenvalue weighted by atomic mass is 9.44. The van der Waals surface area contributed by atoms with E-state index in [0.717, 1.165) is 0 Å². The summed E-state index contributed by atoms with van der Waals surface area (Å²) in [7, 11) is 0. The molecule has 0 saturated heterocycles. The van der Waals surface area contributed by atoms with Gasteiger partial charge in [-0.3, -0.25) is 0 Å². The Morgan fingerprint density at radius 1 is 0.419 bits per heavy atom. The molecule has 2 aliphatic rings. The van der Waals surface area contributed by atoms with E-state index in [2.05, 4.69) is 190 Å². The Bertz CT molecular complexity index is 3960. The van der Waals surface area contributed by atoms with Gasteiger partial charge < -0.3 is 9.38 Å². The highest BCUT2D eigenvalue weighted by molar-refractivity contribution is 7.26. The quantitative estimate of drug-likeness (QED) is 0.149. The van der Waals surface area contributed by atoms with Gasteiger partial charge in [-0.1, -0.05) is 114 Å². The van der Waals surface area contributed by atoms with Crippen LogP contribution < -0.4 is 15.7 Å². The highest BCUT2D eigenvalue weighted by atomic mass is 32.1. The fraction of sp³-hybridized carbons (Fsp3) is 0.143. The maximum Gasteiger partial charge on any atom is 0.333 e. The molecule has 0 N–H and O–H groups in total. The van der Waals surface area contributed by atoms with Crippen LogP contribution in [-0.2, 0) is 10.8 Å². The SMILES string of the molecule is CC(C)(C)c1ccc(N2B3c4cc5c(cc4-n4c6cc7c(cc6c6ccc(c3c64)-c3cc4sc6ccc(C(C)(C)C)cc6c4cc32)sc2ccccc27)sc2ccccc25)cc1. The van der Waals surface area contributed by atoms with Gasteiger partial charge in [-0.25, -0.2) is 0 Å². The maximum atomic E-state index is 2.71. The minimum atomic E-state index is -0.0500. The van der Waals surface area contributed by atoms with Crippen LogP contribution in [0.15, 0.2) is 140 Å². The molecule has 8 aromatic carbocycles. The number of aromatic nitrogens is 1. The largest absolute Gasteiger partial charge is 0.376 e. The summed E-state index contributed by atoms with van der Waals surface area (Å²) in [6, 6.07) is 54.6. The first kappa shape index (κ1) is 35.7. The van der Waals surface area contributed by atoms with Crippen molar-refractivity contribution in [3.8, 4) is 16.8 Å². The number of hydrogen-bond acceptors (Lipinski definition) is 4. The van der Waals surface area contributed by atoms with E-state index >= 15 is 0 Å². The molecule has 4 aromatic heterocycles. The van der Waals surface area contributed by atoms with E-state index in [1.54, 1.807) is 0 Å². The Kier molecular flexibility index (Phi) is 6.88. The van der Waals surface area contributed by atoms with Crippen LogP contribution in [0.3, 0.4) is 0 Å². The van der Waals surface area contributed by atoms with Crippen molar-refractivity contribution in [3.63, 3.8) is 0 Å². The molecule has 0 aliphatic carbocycles. The van der Waals surface area contributed by atoms with E-state index in [-0.39, 0.29) is 17.7 Å². The predicted octanol–water partition coefficient (Wildman–Crippen LogP) is 15.7. The maximum absolute atomic E-state index is 2.71. The van der Waals surface area contributed by atoms with Gasteiger partial charge in [0.2, 0.25) is 0 Å². The zero-order valence-corrected chi connectivity index (χ0v) is 37.9. The van der Waals surface area contributed by atoms with Crippen LogP contribution in [0.1, 0.15) is 52.7 Å². The third kappa shape index (κ3) is 4.70. The molecule has 0 unspecified atom stereocenters. The fourth-order valence-corrected chi connectivity index (χ4v) is 14.3. The molecule has 6 heteroatoms. The van der Waals surface area contributed by atoms with Crippen LogP contribution in [0.4, 0.5) is 11.4 Å². The van der Waals surface area contributed by atoms with Crippen LogP contribution in [-0.4, -0.2) is 11.4 Å². The van der Waals surface area contributed by atoms with Crippen LogP contribution in [0.2, 0.25) is 0 Å². The van der Waals surface area contributed by atoms with Gasteiger partial charge in [0.25, 0.3) is 0 Å². The average molecular weight is 849 g/mol. The molecule has 2 aliphatic heterocycles. The zero-order chi connectivity index (χ0) is 41.6. The third-order valence-electron chi connectivity index (χ3n) is 14.1. The normalized spacial score (nSPS) is 13.9. The van der Waals surface area contributed by atoms with Gasteiger partial charge >= 0.3 is 6.85 Å². The molecule has 0 bridgehead atoms. The Hall–Kier alpha value is -5.92. The third-order valence-corrected chi connectivity index (χ3v) is 17.5. The van der Waals surface area contributed by atoms with E-state index in [1.165, 1.54) is 133 Å². The van der Waals surface area contributed by atoms with Crippen molar-refractivity contribution in [2.24, 2.45) is 0 Å². The number of benzene rings is 8. The number of nitrogens with zero attached hydrogens (tertiary/aromatic N) is 2. The second kappa shape index (κ2) is 12.0. The van der Waals surface area contributed by atoms with Crippen LogP contribution in [0.25, 0.3) is 99.1 Å². The predicted molar refractivity (Wildman–Crippen MR) is 276 cm³/mol. The molecule has 0 radical (unpaired) electrons. The summed E-state index contributed by atoms with van der Waals surface area (Å²) in [5, 5.41) is 10.7. The first-order chi connectivity index (χ1) is 30.0. The number of fused-ring (bicyclic) bond motifs is 17. The average Bonchev–Trinajstić information content (AvgIpc) is 4.01. The van der Waals surface area contributed by atoms with Gasteiger partial charge in [-0.05, 0) is 105 Å². The minimum absolute atomic E-state index is 0.0483. The summed E-state index contributed by atoms with van der Waals surface area (Å²) < 4.78 is 10.7. The van der Waals surface area contributed by atoms with E-state index in [9.17, 15) is 0 Å². The molecule has 0 amide bonds. The molecule has 0 saturated carbocycles. The van der Waals surface area contributed by atoms with Crippen LogP contribution in [0, 0.1) is 0 Å². The summed E-state index contributed by atoms with van der Waals surface area (Å²) in [5.41, 5.74) is 14.6. The molecule has 0 fully saturated rings. The van der Waals surface area contributed by atoms with Crippen molar-refractivity contribution in [1.29, 1.82) is 0 Å². The van der Waals surface area contributed by atoms with Crippen molar-refractivity contribution >= 4 is 145 Å². The topological polar surface area (TPSA) is 8.17 Å². The van der Waals surface area contributed by atoms with Crippen molar-refractivity contribution in [1.82, 2.24) is 4.57 Å². The molecule has 0 atom stereocenters. The van der Waals surface area contributed by atoms with E-state index in [0.29, 0.717) is 0 Å². The second-order valence-electron chi connectivity index (χ2n) is 19.7. The summed E-state index contributed by atoms with van der Waals surface area (Å²) in [6.45, 7) is 13.9. The second-order valence-corrected chi connectivity index (χ2v) is 23.0. The molecule has 0 spiro atoms. The van der Waals surface area contributed by atoms with Gasteiger partial charge in [-0.15, -0.1) is 34.0 Å². The standard InChI is InChI=1S/C56H41BN2S3/c1-55(2,3)30-15-18-32(19-16-30)59-45-26-42-39-23-31(56(4,5)6)17-22-49(39)62-51(42)27-37(45)35-20-21-36-38-28-50-41(34-12-8-10-14-48(34)60-50)25-44(38)58-46-29-52-40(33-11-7-9-13-47(33)61-52)24-43(46)57(59)53(35)54(36)58/h7-29H,1-6H3. The Morgan fingerprint density at radius 3 is 1.73 bits per heavy atom. The summed E-state index contributed by atoms with van der Waals surface area (Å²) in [5.74, 6) is 0. The number of anilines is 2. The number of thiophene rings is 3. The number of rotatable bonds is 1. The lowest BCUT2D eigenvalue weighted by Crippen LogP contribution is -2.60. The smallest absolute Gasteiger partial charge is 0.333 e. The van der Waals surface area contributed by atoms with Crippen LogP contribution in [0.5, 0.6) is 0 Å². The van der Waals surface area contributed by atoms with Crippen LogP contribution >= 0.6 is 34.0 Å². The molecular weight excluding hydrogens is 808 g/mol. The molecule has 62 heavy (non-hydrogen) atoms. The van der Waals surface area contributed by atoms with Gasteiger partial charge in [0.15, 0.2) is 0 Å². The Labute approximate surface area is 372 Å². The molecular formula is C56H41BN2S3. The van der Waals surface area contributed by atoms with E-state index in [4.69, 9.17) is 0 Å². The van der Waals surface area contributed by atoms with Crippen molar-refractivity contribution in [2.45, 2.75) is 52.4 Å². The molecule has 12 aromatic rings. The van der Waals surface area contributed by atoms with Gasteiger partial charge in [0.05, 0.1) is 11.0 Å². The summed E-state index contributed by atoms with van der Waals surface area (Å²) >= 11 is 5.76. The zero-order valence-electron chi connectivity index (χ0n) is 35.5. The lowest BCUT2D eigenvalue weighted by Gasteiger charge is -2.42. The lowest BCUT2D eigenvalue weighted by molar-refractivity contribution is 0.590. The van der Waals surface area contributed by atoms with Gasteiger partial charge in [-0.2, -0.15) is 0 Å². The molecule has 6 heterocycles. The van der Waals surface area contributed by atoms with Crippen molar-refractivity contribution in [3.05, 3.63) is 151 Å². The highest BCUT2D eigenvalue weighted by Gasteiger charge is 2.44. The minimum Gasteiger partial charge on any atom is -0.376 e. The first-order valence-electron chi connectivity index (χ1n) is 21.8. The van der Waals surface area contributed by atoms with E-state index < -0.39 is 0 Å². The van der Waals surface area contributed by atoms with Crippen molar-refractivity contribution < 1.29 is 0 Å². The monoisotopic (exact) mass is 848 g/mol. The summed E-state index contributed by atoms with van der Waals surface area (Å²) in [6.07, 6.45) is 0.